The monoisotopic (exact) mass is 444 g/mol. The summed E-state index contributed by atoms with van der Waals surface area (Å²) in [7, 11) is 1.86. The number of carbonyl (C=O) groups excluding carboxylic acids is 1. The number of likely N-dealkylation sites (N-methyl/N-ethyl adjacent to an activating group) is 1. The van der Waals surface area contributed by atoms with Crippen molar-refractivity contribution in [2.75, 3.05) is 18.1 Å². The van der Waals surface area contributed by atoms with Crippen molar-refractivity contribution >= 4 is 11.7 Å². The van der Waals surface area contributed by atoms with E-state index in [1.807, 2.05) is 17.7 Å². The molecule has 0 saturated heterocycles. The Morgan fingerprint density at radius 3 is 2.59 bits per heavy atom. The highest BCUT2D eigenvalue weighted by atomic mass is 19.1. The molecular formula is C23H26F2N4O3. The van der Waals surface area contributed by atoms with Gasteiger partial charge in [-0.15, -0.1) is 0 Å². The smallest absolute Gasteiger partial charge is 0.331 e. The second kappa shape index (κ2) is 9.33. The minimum Gasteiger partial charge on any atom is -0.464 e. The van der Waals surface area contributed by atoms with E-state index in [9.17, 15) is 9.18 Å². The Bertz CT molecular complexity index is 1110. The highest BCUT2D eigenvalue weighted by molar-refractivity contribution is 5.84. The molecule has 2 aromatic heterocycles. The molecule has 9 heteroatoms. The summed E-state index contributed by atoms with van der Waals surface area (Å²) >= 11 is 0. The second-order valence-corrected chi connectivity index (χ2v) is 7.59. The normalized spacial score (nSPS) is 11.3. The number of hydrogen-bond donors (Lipinski definition) is 0. The summed E-state index contributed by atoms with van der Waals surface area (Å²) < 4.78 is 42.8. The van der Waals surface area contributed by atoms with Gasteiger partial charge in [-0.2, -0.15) is 4.39 Å². The minimum atomic E-state index is -1.32. The molecule has 170 valence electrons. The number of pyridine rings is 1. The van der Waals surface area contributed by atoms with Crippen LogP contribution in [-0.2, 0) is 16.6 Å². The molecule has 2 heterocycles. The van der Waals surface area contributed by atoms with Gasteiger partial charge in [0, 0.05) is 31.5 Å². The van der Waals surface area contributed by atoms with Crippen molar-refractivity contribution in [2.45, 2.75) is 33.2 Å². The highest BCUT2D eigenvalue weighted by Crippen LogP contribution is 2.35. The number of rotatable bonds is 8. The van der Waals surface area contributed by atoms with E-state index in [1.165, 1.54) is 4.90 Å². The third-order valence-electron chi connectivity index (χ3n) is 5.08. The molecule has 0 aliphatic heterocycles. The Hall–Kier alpha value is -3.49. The fourth-order valence-corrected chi connectivity index (χ4v) is 3.46. The van der Waals surface area contributed by atoms with E-state index < -0.39 is 34.7 Å². The van der Waals surface area contributed by atoms with E-state index in [1.54, 1.807) is 58.3 Å². The lowest BCUT2D eigenvalue weighted by Gasteiger charge is -2.37. The fourth-order valence-electron chi connectivity index (χ4n) is 3.46. The lowest BCUT2D eigenvalue weighted by Crippen LogP contribution is -2.52. The maximum Gasteiger partial charge on any atom is 0.331 e. The maximum absolute atomic E-state index is 15.4. The Balaban J connectivity index is 1.98. The molecule has 1 aromatic carbocycles. The molecule has 0 fully saturated rings. The van der Waals surface area contributed by atoms with Crippen molar-refractivity contribution in [1.29, 1.82) is 0 Å². The van der Waals surface area contributed by atoms with Gasteiger partial charge in [-0.3, -0.25) is 0 Å². The van der Waals surface area contributed by atoms with Gasteiger partial charge in [0.15, 0.2) is 5.82 Å². The zero-order valence-corrected chi connectivity index (χ0v) is 18.7. The lowest BCUT2D eigenvalue weighted by atomic mass is 10.0. The molecule has 3 aromatic rings. The van der Waals surface area contributed by atoms with Crippen LogP contribution in [0.5, 0.6) is 11.6 Å². The maximum atomic E-state index is 15.4. The van der Waals surface area contributed by atoms with E-state index in [4.69, 9.17) is 9.47 Å². The number of aryl methyl sites for hydroxylation is 1. The number of halogens is 2. The average Bonchev–Trinajstić information content (AvgIpc) is 3.19. The van der Waals surface area contributed by atoms with Crippen LogP contribution < -0.4 is 9.64 Å². The van der Waals surface area contributed by atoms with Crippen LogP contribution in [-0.4, -0.2) is 39.2 Å². The van der Waals surface area contributed by atoms with Crippen LogP contribution in [0.15, 0.2) is 42.9 Å². The van der Waals surface area contributed by atoms with Crippen molar-refractivity contribution < 1.29 is 23.0 Å². The van der Waals surface area contributed by atoms with Crippen molar-refractivity contribution in [1.82, 2.24) is 14.5 Å². The molecule has 32 heavy (non-hydrogen) atoms. The number of anilines is 1. The van der Waals surface area contributed by atoms with Crippen molar-refractivity contribution in [3.8, 4) is 23.0 Å². The first-order chi connectivity index (χ1) is 15.2. The van der Waals surface area contributed by atoms with E-state index in [2.05, 4.69) is 9.97 Å². The number of esters is 1. The number of benzene rings is 1. The quantitative estimate of drug-likeness (QED) is 0.468. The summed E-state index contributed by atoms with van der Waals surface area (Å²) in [6.45, 7) is 6.76. The summed E-state index contributed by atoms with van der Waals surface area (Å²) in [5.41, 5.74) is -0.962. The molecule has 0 N–H and O–H groups in total. The number of hydrogen-bond acceptors (Lipinski definition) is 6. The Morgan fingerprint density at radius 1 is 1.22 bits per heavy atom. The van der Waals surface area contributed by atoms with E-state index in [0.717, 1.165) is 11.8 Å². The fraction of sp³-hybridized carbons (Fsp3) is 0.348. The van der Waals surface area contributed by atoms with Gasteiger partial charge in [0.1, 0.15) is 22.8 Å². The van der Waals surface area contributed by atoms with E-state index in [0.29, 0.717) is 11.6 Å². The Labute approximate surface area is 185 Å². The molecule has 0 bridgehead atoms. The Kier molecular flexibility index (Phi) is 6.76. The van der Waals surface area contributed by atoms with Gasteiger partial charge in [0.2, 0.25) is 5.82 Å². The summed E-state index contributed by atoms with van der Waals surface area (Å²) in [6, 6.07) is 6.91. The molecule has 0 amide bonds. The molecule has 7 nitrogen and oxygen atoms in total. The van der Waals surface area contributed by atoms with Crippen LogP contribution in [0.2, 0.25) is 0 Å². The molecule has 0 atom stereocenters. The van der Waals surface area contributed by atoms with Gasteiger partial charge in [-0.1, -0.05) is 12.1 Å². The van der Waals surface area contributed by atoms with Crippen LogP contribution >= 0.6 is 0 Å². The molecule has 0 aliphatic rings. The van der Waals surface area contributed by atoms with Gasteiger partial charge in [-0.05, 0) is 39.8 Å². The van der Waals surface area contributed by atoms with E-state index >= 15 is 4.39 Å². The molecular weight excluding hydrogens is 418 g/mol. The molecule has 3 rings (SSSR count). The van der Waals surface area contributed by atoms with Crippen molar-refractivity contribution in [3.05, 3.63) is 54.5 Å². The van der Waals surface area contributed by atoms with Crippen LogP contribution in [0.3, 0.4) is 0 Å². The number of carbonyl (C=O) groups is 1. The second-order valence-electron chi connectivity index (χ2n) is 7.59. The molecule has 0 saturated carbocycles. The molecule has 0 radical (unpaired) electrons. The summed E-state index contributed by atoms with van der Waals surface area (Å²) in [5, 5.41) is 0. The van der Waals surface area contributed by atoms with Gasteiger partial charge >= 0.3 is 5.97 Å². The molecule has 0 spiro atoms. The van der Waals surface area contributed by atoms with Crippen LogP contribution in [0, 0.1) is 11.6 Å². The topological polar surface area (TPSA) is 69.5 Å². The van der Waals surface area contributed by atoms with Crippen LogP contribution in [0.1, 0.15) is 27.7 Å². The first-order valence-corrected chi connectivity index (χ1v) is 10.2. The number of ether oxygens (including phenoxy) is 2. The van der Waals surface area contributed by atoms with Crippen molar-refractivity contribution in [3.63, 3.8) is 0 Å². The van der Waals surface area contributed by atoms with Gasteiger partial charge in [0.05, 0.1) is 12.8 Å². The Morgan fingerprint density at radius 2 is 1.97 bits per heavy atom. The first-order valence-electron chi connectivity index (χ1n) is 10.2. The minimum absolute atomic E-state index is 0.151. The molecule has 0 aliphatic carbocycles. The van der Waals surface area contributed by atoms with Crippen LogP contribution in [0.25, 0.3) is 11.4 Å². The number of imidazole rings is 1. The third-order valence-corrected chi connectivity index (χ3v) is 5.08. The van der Waals surface area contributed by atoms with Gasteiger partial charge in [-0.25, -0.2) is 19.2 Å². The third kappa shape index (κ3) is 4.42. The summed E-state index contributed by atoms with van der Waals surface area (Å²) in [5.74, 6) is -1.90. The van der Waals surface area contributed by atoms with Crippen molar-refractivity contribution in [2.24, 2.45) is 7.05 Å². The van der Waals surface area contributed by atoms with E-state index in [-0.39, 0.29) is 13.2 Å². The lowest BCUT2D eigenvalue weighted by molar-refractivity contribution is -0.148. The number of nitrogens with zero attached hydrogens (tertiary/aromatic N) is 4. The standard InChI is InChI=1S/C23H26F2N4O3/c1-6-29(23(3,4)22(30)31-7-2)19-17(24)14-27-21(18(19)25)32-16-10-8-9-15(13-16)20-26-11-12-28(20)5/h8-14H,6-7H2,1-5H3. The summed E-state index contributed by atoms with van der Waals surface area (Å²) in [6.07, 6.45) is 4.35. The zero-order valence-electron chi connectivity index (χ0n) is 18.7. The van der Waals surface area contributed by atoms with Crippen LogP contribution in [0.4, 0.5) is 14.5 Å². The average molecular weight is 444 g/mol. The number of aromatic nitrogens is 3. The summed E-state index contributed by atoms with van der Waals surface area (Å²) in [4.78, 5) is 21.8. The highest BCUT2D eigenvalue weighted by Gasteiger charge is 2.39. The van der Waals surface area contributed by atoms with Gasteiger partial charge < -0.3 is 18.9 Å². The molecule has 0 unspecified atom stereocenters. The largest absolute Gasteiger partial charge is 0.464 e. The SMILES string of the molecule is CCOC(=O)C(C)(C)N(CC)c1c(F)cnc(Oc2cccc(-c3nccn3C)c2)c1F. The first kappa shape index (κ1) is 23.2. The predicted molar refractivity (Wildman–Crippen MR) is 117 cm³/mol. The van der Waals surface area contributed by atoms with Gasteiger partial charge in [0.25, 0.3) is 5.88 Å². The predicted octanol–water partition coefficient (Wildman–Crippen LogP) is 4.72. The zero-order chi connectivity index (χ0) is 23.5.